The van der Waals surface area contributed by atoms with Crippen LogP contribution < -0.4 is 0 Å². The molecule has 4 heterocycles. The van der Waals surface area contributed by atoms with E-state index in [9.17, 15) is 0 Å². The van der Waals surface area contributed by atoms with Gasteiger partial charge in [0.2, 0.25) is 0 Å². The van der Waals surface area contributed by atoms with E-state index in [0.717, 1.165) is 89.7 Å². The van der Waals surface area contributed by atoms with Gasteiger partial charge in [0.1, 0.15) is 0 Å². The molecule has 4 aromatic heterocycles. The van der Waals surface area contributed by atoms with Crippen LogP contribution in [-0.2, 0) is 0 Å². The van der Waals surface area contributed by atoms with Gasteiger partial charge in [-0.15, -0.1) is 0 Å². The number of allylic oxidation sites excluding steroid dienone is 8. The number of hydrogen-bond donors (Lipinski definition) is 0. The minimum absolute atomic E-state index is 0.339. The first-order valence-electron chi connectivity index (χ1n) is 18.1. The lowest BCUT2D eigenvalue weighted by atomic mass is 9.89. The summed E-state index contributed by atoms with van der Waals surface area (Å²) >= 11 is 0. The van der Waals surface area contributed by atoms with Gasteiger partial charge in [0, 0.05) is 39.4 Å². The van der Waals surface area contributed by atoms with Crippen molar-refractivity contribution in [3.63, 3.8) is 0 Å². The zero-order valence-electron chi connectivity index (χ0n) is 29.6. The fourth-order valence-electron chi connectivity index (χ4n) is 7.14. The van der Waals surface area contributed by atoms with Crippen LogP contribution in [0.15, 0.2) is 183 Å². The van der Waals surface area contributed by atoms with Crippen LogP contribution >= 0.6 is 0 Å². The molecule has 0 N–H and O–H groups in total. The van der Waals surface area contributed by atoms with E-state index in [1.54, 1.807) is 12.2 Å². The average Bonchev–Trinajstić information content (AvgIpc) is 3.25. The monoisotopic (exact) mass is 693 g/mol. The molecule has 0 bridgehead atoms. The number of fused-ring (bicyclic) bond motifs is 4. The van der Waals surface area contributed by atoms with Crippen LogP contribution in [-0.4, -0.2) is 24.9 Å². The van der Waals surface area contributed by atoms with E-state index in [-0.39, 0.29) is 0 Å². The summed E-state index contributed by atoms with van der Waals surface area (Å²) in [4.78, 5) is 24.7. The molecular formula is C49H35N5. The number of rotatable bonds is 8. The van der Waals surface area contributed by atoms with Crippen molar-refractivity contribution >= 4 is 43.9 Å². The summed E-state index contributed by atoms with van der Waals surface area (Å²) in [7, 11) is 0. The molecule has 256 valence electrons. The molecule has 0 aliphatic heterocycles. The Morgan fingerprint density at radius 1 is 0.593 bits per heavy atom. The zero-order chi connectivity index (χ0) is 36.4. The highest BCUT2D eigenvalue weighted by Crippen LogP contribution is 2.33. The van der Waals surface area contributed by atoms with Gasteiger partial charge >= 0.3 is 0 Å². The van der Waals surface area contributed by atoms with E-state index in [4.69, 9.17) is 19.9 Å². The summed E-state index contributed by atoms with van der Waals surface area (Å²) in [6.45, 7) is 7.90. The molecule has 4 aromatic carbocycles. The molecule has 0 radical (unpaired) electrons. The Hall–Kier alpha value is -7.11. The predicted molar refractivity (Wildman–Crippen MR) is 224 cm³/mol. The first-order chi connectivity index (χ1) is 26.6. The molecule has 8 aromatic rings. The molecule has 5 nitrogen and oxygen atoms in total. The fourth-order valence-corrected chi connectivity index (χ4v) is 7.14. The van der Waals surface area contributed by atoms with Gasteiger partial charge in [-0.2, -0.15) is 0 Å². The van der Waals surface area contributed by atoms with Gasteiger partial charge in [0.25, 0.3) is 0 Å². The lowest BCUT2D eigenvalue weighted by Gasteiger charge is -2.17. The third kappa shape index (κ3) is 6.33. The molecule has 9 rings (SSSR count). The lowest BCUT2D eigenvalue weighted by Crippen LogP contribution is -2.03. The number of aromatic nitrogens is 5. The normalized spacial score (nSPS) is 14.3. The highest BCUT2D eigenvalue weighted by atomic mass is 14.9. The molecule has 0 saturated carbocycles. The average molecular weight is 694 g/mol. The zero-order valence-corrected chi connectivity index (χ0v) is 29.6. The fraction of sp³-hybridized carbons (Fsp3) is 0.0408. The summed E-state index contributed by atoms with van der Waals surface area (Å²) in [5.41, 5.74) is 12.5. The molecule has 1 unspecified atom stereocenters. The highest BCUT2D eigenvalue weighted by molar-refractivity contribution is 6.03. The van der Waals surface area contributed by atoms with Gasteiger partial charge in [0.05, 0.1) is 39.3 Å². The van der Waals surface area contributed by atoms with E-state index in [0.29, 0.717) is 11.7 Å². The van der Waals surface area contributed by atoms with E-state index in [1.807, 2.05) is 30.5 Å². The highest BCUT2D eigenvalue weighted by Gasteiger charge is 2.17. The van der Waals surface area contributed by atoms with E-state index >= 15 is 0 Å². The Kier molecular flexibility index (Phi) is 8.58. The number of hydrogen-bond acceptors (Lipinski definition) is 5. The van der Waals surface area contributed by atoms with Gasteiger partial charge in [-0.1, -0.05) is 141 Å². The second-order valence-electron chi connectivity index (χ2n) is 13.4. The third-order valence-corrected chi connectivity index (χ3v) is 10.0. The molecule has 1 aliphatic rings. The van der Waals surface area contributed by atoms with Gasteiger partial charge in [0.15, 0.2) is 5.82 Å². The van der Waals surface area contributed by atoms with Crippen molar-refractivity contribution in [2.45, 2.75) is 12.3 Å². The summed E-state index contributed by atoms with van der Waals surface area (Å²) < 4.78 is 0. The second kappa shape index (κ2) is 14.1. The summed E-state index contributed by atoms with van der Waals surface area (Å²) in [5, 5.41) is 3.22. The van der Waals surface area contributed by atoms with E-state index in [2.05, 4.69) is 146 Å². The van der Waals surface area contributed by atoms with Crippen molar-refractivity contribution < 1.29 is 0 Å². The van der Waals surface area contributed by atoms with Crippen LogP contribution in [0.1, 0.15) is 29.4 Å². The van der Waals surface area contributed by atoms with Crippen LogP contribution in [0.4, 0.5) is 0 Å². The Labute approximate surface area is 314 Å². The SMILES string of the molecule is C=C/C=C(\C=C)c1nc(C2=CCC(c3ccccc3)C=C2)cc(-c2ccc3cc(-c4ccc(-c5ccc6ccc7cccnc7c6n5)cc4)ccc3n2)n1. The van der Waals surface area contributed by atoms with Crippen molar-refractivity contribution in [3.8, 4) is 33.8 Å². The predicted octanol–water partition coefficient (Wildman–Crippen LogP) is 12.0. The molecule has 1 atom stereocenters. The first-order valence-corrected chi connectivity index (χ1v) is 18.1. The summed E-state index contributed by atoms with van der Waals surface area (Å²) in [5.74, 6) is 0.923. The molecule has 0 fully saturated rings. The van der Waals surface area contributed by atoms with Crippen molar-refractivity contribution in [2.75, 3.05) is 0 Å². The maximum atomic E-state index is 5.08. The molecule has 54 heavy (non-hydrogen) atoms. The van der Waals surface area contributed by atoms with Crippen LogP contribution in [0.2, 0.25) is 0 Å². The first kappa shape index (κ1) is 32.8. The third-order valence-electron chi connectivity index (χ3n) is 10.0. The van der Waals surface area contributed by atoms with Gasteiger partial charge < -0.3 is 0 Å². The molecule has 0 spiro atoms. The number of pyridine rings is 3. The van der Waals surface area contributed by atoms with E-state index < -0.39 is 0 Å². The molecular weight excluding hydrogens is 659 g/mol. The minimum atomic E-state index is 0.339. The topological polar surface area (TPSA) is 64.5 Å². The second-order valence-corrected chi connectivity index (χ2v) is 13.4. The number of benzene rings is 4. The van der Waals surface area contributed by atoms with Crippen LogP contribution in [0.3, 0.4) is 0 Å². The molecule has 0 saturated heterocycles. The minimum Gasteiger partial charge on any atom is -0.254 e. The molecule has 0 amide bonds. The number of nitrogens with zero attached hydrogens (tertiary/aromatic N) is 5. The Bertz CT molecular complexity index is 2830. The Morgan fingerprint density at radius 2 is 1.33 bits per heavy atom. The maximum absolute atomic E-state index is 5.08. The van der Waals surface area contributed by atoms with Crippen LogP contribution in [0.25, 0.3) is 77.6 Å². The van der Waals surface area contributed by atoms with Gasteiger partial charge in [-0.25, -0.2) is 19.9 Å². The smallest absolute Gasteiger partial charge is 0.160 e. The standard InChI is InChI=1S/C49H35N5/c1-3-9-32(4-2)49-53-45(37-19-13-34(14-20-37)33-10-6-5-7-11-33)31-46(54-49)44-28-25-41-30-40(24-27-43(41)51-44)35-15-17-36(18-16-35)42-26-23-39-22-21-38-12-8-29-50-47(38)48(39)52-42/h3-13,15-31,34H,1-2,14H2/b32-9+. The quantitative estimate of drug-likeness (QED) is 0.117. The Morgan fingerprint density at radius 3 is 2.13 bits per heavy atom. The van der Waals surface area contributed by atoms with Gasteiger partial charge in [-0.05, 0) is 65.1 Å². The van der Waals surface area contributed by atoms with Crippen molar-refractivity contribution in [2.24, 2.45) is 0 Å². The summed E-state index contributed by atoms with van der Waals surface area (Å²) in [6.07, 6.45) is 14.8. The Balaban J connectivity index is 1.01. The maximum Gasteiger partial charge on any atom is 0.160 e. The molecule has 5 heteroatoms. The van der Waals surface area contributed by atoms with E-state index in [1.165, 1.54) is 5.56 Å². The van der Waals surface area contributed by atoms with Crippen LogP contribution in [0.5, 0.6) is 0 Å². The van der Waals surface area contributed by atoms with Gasteiger partial charge in [-0.3, -0.25) is 4.98 Å². The van der Waals surface area contributed by atoms with Crippen LogP contribution in [0, 0.1) is 0 Å². The van der Waals surface area contributed by atoms with Crippen molar-refractivity contribution in [3.05, 3.63) is 200 Å². The largest absolute Gasteiger partial charge is 0.254 e. The molecule has 1 aliphatic carbocycles. The summed E-state index contributed by atoms with van der Waals surface area (Å²) in [6, 6.07) is 44.2. The van der Waals surface area contributed by atoms with Crippen molar-refractivity contribution in [1.29, 1.82) is 0 Å². The lowest BCUT2D eigenvalue weighted by molar-refractivity contribution is 0.855. The van der Waals surface area contributed by atoms with Crippen molar-refractivity contribution in [1.82, 2.24) is 24.9 Å².